The molecule has 0 saturated heterocycles. The lowest BCUT2D eigenvalue weighted by Gasteiger charge is -2.06. The van der Waals surface area contributed by atoms with Gasteiger partial charge in [-0.15, -0.1) is 0 Å². The van der Waals surface area contributed by atoms with Gasteiger partial charge in [-0.25, -0.2) is 19.6 Å². The normalized spacial score (nSPS) is 10.9. The highest BCUT2D eigenvalue weighted by Crippen LogP contribution is 2.33. The maximum Gasteiger partial charge on any atom is 0.169 e. The van der Waals surface area contributed by atoms with Crippen LogP contribution in [0, 0.1) is 0 Å². The van der Waals surface area contributed by atoms with Gasteiger partial charge in [0.05, 0.1) is 17.3 Å². The first-order chi connectivity index (χ1) is 14.7. The first-order valence-corrected chi connectivity index (χ1v) is 9.23. The van der Waals surface area contributed by atoms with Crippen molar-refractivity contribution in [2.24, 2.45) is 0 Å². The number of fused-ring (bicyclic) bond motifs is 1. The lowest BCUT2D eigenvalue weighted by Crippen LogP contribution is -2.00. The van der Waals surface area contributed by atoms with Crippen LogP contribution in [-0.2, 0) is 0 Å². The van der Waals surface area contributed by atoms with E-state index in [0.29, 0.717) is 28.4 Å². The smallest absolute Gasteiger partial charge is 0.169 e. The molecule has 3 aromatic heterocycles. The molecular formula is C22H17N7O. The van der Waals surface area contributed by atoms with Crippen LogP contribution in [0.1, 0.15) is 0 Å². The summed E-state index contributed by atoms with van der Waals surface area (Å²) >= 11 is 0. The van der Waals surface area contributed by atoms with Crippen LogP contribution in [0.5, 0.6) is 11.5 Å². The Hall–Kier alpha value is -4.46. The van der Waals surface area contributed by atoms with Gasteiger partial charge in [-0.3, -0.25) is 0 Å². The standard InChI is InChI=1S/C22H17N7O/c23-18-11-8-15(12-25-18)29-22-19(21(24)26-13-27-22)20(28-29)14-6-9-17(10-7-14)30-16-4-2-1-3-5-16/h1-13H,(H2,23,25)(H2,24,26,27). The summed E-state index contributed by atoms with van der Waals surface area (Å²) in [7, 11) is 0. The van der Waals surface area contributed by atoms with E-state index in [9.17, 15) is 0 Å². The van der Waals surface area contributed by atoms with Gasteiger partial charge in [-0.2, -0.15) is 5.10 Å². The van der Waals surface area contributed by atoms with E-state index in [0.717, 1.165) is 22.7 Å². The van der Waals surface area contributed by atoms with Crippen LogP contribution in [-0.4, -0.2) is 24.7 Å². The molecule has 4 N–H and O–H groups in total. The number of hydrogen-bond donors (Lipinski definition) is 2. The monoisotopic (exact) mass is 395 g/mol. The van der Waals surface area contributed by atoms with Gasteiger partial charge in [0.25, 0.3) is 0 Å². The van der Waals surface area contributed by atoms with Gasteiger partial charge < -0.3 is 16.2 Å². The zero-order valence-electron chi connectivity index (χ0n) is 15.8. The number of rotatable bonds is 4. The molecule has 0 aliphatic rings. The van der Waals surface area contributed by atoms with Crippen molar-refractivity contribution in [2.45, 2.75) is 0 Å². The molecule has 8 nitrogen and oxygen atoms in total. The molecule has 3 heterocycles. The highest BCUT2D eigenvalue weighted by Gasteiger charge is 2.18. The van der Waals surface area contributed by atoms with Gasteiger partial charge in [-0.1, -0.05) is 18.2 Å². The molecular weight excluding hydrogens is 378 g/mol. The fourth-order valence-electron chi connectivity index (χ4n) is 3.18. The van der Waals surface area contributed by atoms with Gasteiger partial charge in [0.1, 0.15) is 35.2 Å². The second-order valence-corrected chi connectivity index (χ2v) is 6.60. The van der Waals surface area contributed by atoms with E-state index in [1.54, 1.807) is 16.9 Å². The van der Waals surface area contributed by atoms with E-state index in [1.165, 1.54) is 6.33 Å². The maximum atomic E-state index is 6.18. The SMILES string of the molecule is Nc1ccc(-n2nc(-c3ccc(Oc4ccccc4)cc3)c3c(N)ncnc32)cn1. The summed E-state index contributed by atoms with van der Waals surface area (Å²) in [5.74, 6) is 2.28. The van der Waals surface area contributed by atoms with Crippen LogP contribution >= 0.6 is 0 Å². The summed E-state index contributed by atoms with van der Waals surface area (Å²) < 4.78 is 7.56. The molecule has 5 rings (SSSR count). The Morgan fingerprint density at radius 1 is 0.767 bits per heavy atom. The lowest BCUT2D eigenvalue weighted by molar-refractivity contribution is 0.483. The second-order valence-electron chi connectivity index (χ2n) is 6.60. The average Bonchev–Trinajstić information content (AvgIpc) is 3.17. The summed E-state index contributed by atoms with van der Waals surface area (Å²) in [6, 6.07) is 20.8. The Kier molecular flexibility index (Phi) is 4.21. The minimum Gasteiger partial charge on any atom is -0.457 e. The van der Waals surface area contributed by atoms with Crippen molar-refractivity contribution >= 4 is 22.7 Å². The number of anilines is 2. The first-order valence-electron chi connectivity index (χ1n) is 9.23. The van der Waals surface area contributed by atoms with Crippen molar-refractivity contribution in [3.63, 3.8) is 0 Å². The molecule has 2 aromatic carbocycles. The quantitative estimate of drug-likeness (QED) is 0.475. The summed E-state index contributed by atoms with van der Waals surface area (Å²) in [6.45, 7) is 0. The molecule has 0 aliphatic carbocycles. The maximum absolute atomic E-state index is 6.18. The molecule has 0 fully saturated rings. The van der Waals surface area contributed by atoms with Crippen LogP contribution < -0.4 is 16.2 Å². The van der Waals surface area contributed by atoms with Gasteiger partial charge in [0, 0.05) is 5.56 Å². The third-order valence-corrected chi connectivity index (χ3v) is 4.62. The summed E-state index contributed by atoms with van der Waals surface area (Å²) in [6.07, 6.45) is 3.06. The summed E-state index contributed by atoms with van der Waals surface area (Å²) in [5.41, 5.74) is 14.7. The Morgan fingerprint density at radius 3 is 2.27 bits per heavy atom. The van der Waals surface area contributed by atoms with Crippen LogP contribution in [0.15, 0.2) is 79.3 Å². The Bertz CT molecular complexity index is 1310. The van der Waals surface area contributed by atoms with Crippen molar-refractivity contribution in [3.05, 3.63) is 79.3 Å². The predicted molar refractivity (Wildman–Crippen MR) is 115 cm³/mol. The number of benzene rings is 2. The van der Waals surface area contributed by atoms with Crippen LogP contribution in [0.2, 0.25) is 0 Å². The number of ether oxygens (including phenoxy) is 1. The van der Waals surface area contributed by atoms with E-state index in [4.69, 9.17) is 21.3 Å². The topological polar surface area (TPSA) is 118 Å². The largest absolute Gasteiger partial charge is 0.457 e. The van der Waals surface area contributed by atoms with Crippen LogP contribution in [0.3, 0.4) is 0 Å². The fourth-order valence-corrected chi connectivity index (χ4v) is 3.18. The number of hydrogen-bond acceptors (Lipinski definition) is 7. The minimum atomic E-state index is 0.356. The minimum absolute atomic E-state index is 0.356. The van der Waals surface area contributed by atoms with Crippen molar-refractivity contribution in [1.29, 1.82) is 0 Å². The van der Waals surface area contributed by atoms with Gasteiger partial charge in [-0.05, 0) is 48.5 Å². The van der Waals surface area contributed by atoms with E-state index in [1.807, 2.05) is 60.7 Å². The van der Waals surface area contributed by atoms with Crippen molar-refractivity contribution in [3.8, 4) is 28.4 Å². The highest BCUT2D eigenvalue weighted by molar-refractivity contribution is 5.98. The Morgan fingerprint density at radius 2 is 1.53 bits per heavy atom. The molecule has 0 radical (unpaired) electrons. The number of nitrogens with zero attached hydrogens (tertiary/aromatic N) is 5. The zero-order valence-corrected chi connectivity index (χ0v) is 15.8. The van der Waals surface area contributed by atoms with Crippen LogP contribution in [0.4, 0.5) is 11.6 Å². The van der Waals surface area contributed by atoms with E-state index in [2.05, 4.69) is 15.0 Å². The summed E-state index contributed by atoms with van der Waals surface area (Å²) in [4.78, 5) is 12.7. The number of pyridine rings is 1. The average molecular weight is 395 g/mol. The molecule has 8 heteroatoms. The fraction of sp³-hybridized carbons (Fsp3) is 0. The molecule has 0 aliphatic heterocycles. The summed E-state index contributed by atoms with van der Waals surface area (Å²) in [5, 5.41) is 5.42. The van der Waals surface area contributed by atoms with E-state index >= 15 is 0 Å². The van der Waals surface area contributed by atoms with Crippen molar-refractivity contribution < 1.29 is 4.74 Å². The molecule has 0 amide bonds. The molecule has 0 saturated carbocycles. The lowest BCUT2D eigenvalue weighted by atomic mass is 10.1. The Balaban J connectivity index is 1.58. The third-order valence-electron chi connectivity index (χ3n) is 4.62. The van der Waals surface area contributed by atoms with Gasteiger partial charge >= 0.3 is 0 Å². The van der Waals surface area contributed by atoms with Crippen molar-refractivity contribution in [2.75, 3.05) is 11.5 Å². The van der Waals surface area contributed by atoms with Crippen molar-refractivity contribution in [1.82, 2.24) is 24.7 Å². The molecule has 30 heavy (non-hydrogen) atoms. The Labute approximate surface area is 171 Å². The third kappa shape index (κ3) is 3.16. The number of nitrogen functional groups attached to an aromatic ring is 2. The van der Waals surface area contributed by atoms with Crippen LogP contribution in [0.25, 0.3) is 28.0 Å². The first kappa shape index (κ1) is 17.6. The molecule has 5 aromatic rings. The number of para-hydroxylation sites is 1. The molecule has 0 spiro atoms. The van der Waals surface area contributed by atoms with E-state index in [-0.39, 0.29) is 0 Å². The van der Waals surface area contributed by atoms with Gasteiger partial charge in [0.2, 0.25) is 0 Å². The number of nitrogens with two attached hydrogens (primary N) is 2. The zero-order chi connectivity index (χ0) is 20.5. The van der Waals surface area contributed by atoms with Gasteiger partial charge in [0.15, 0.2) is 5.65 Å². The second kappa shape index (κ2) is 7.17. The molecule has 0 atom stereocenters. The predicted octanol–water partition coefficient (Wildman–Crippen LogP) is 3.83. The molecule has 0 unspecified atom stereocenters. The molecule has 146 valence electrons. The number of aromatic nitrogens is 5. The van der Waals surface area contributed by atoms with E-state index < -0.39 is 0 Å². The molecule has 0 bridgehead atoms. The highest BCUT2D eigenvalue weighted by atomic mass is 16.5.